The van der Waals surface area contributed by atoms with E-state index in [4.69, 9.17) is 5.26 Å². The first-order chi connectivity index (χ1) is 10.9. The smallest absolute Gasteiger partial charge is 0.115 e. The van der Waals surface area contributed by atoms with Gasteiger partial charge in [0.05, 0.1) is 29.7 Å². The van der Waals surface area contributed by atoms with E-state index in [0.29, 0.717) is 12.1 Å². The van der Waals surface area contributed by atoms with E-state index >= 15 is 0 Å². The van der Waals surface area contributed by atoms with E-state index in [2.05, 4.69) is 33.1 Å². The molecule has 0 N–H and O–H groups in total. The summed E-state index contributed by atoms with van der Waals surface area (Å²) >= 11 is 0. The van der Waals surface area contributed by atoms with Gasteiger partial charge in [-0.05, 0) is 29.8 Å². The Hall–Kier alpha value is -3.19. The molecule has 0 aliphatic carbocycles. The van der Waals surface area contributed by atoms with E-state index in [1.165, 1.54) is 11.9 Å². The number of nitriles is 1. The van der Waals surface area contributed by atoms with Crippen molar-refractivity contribution in [2.24, 2.45) is 0 Å². The van der Waals surface area contributed by atoms with Crippen LogP contribution in [-0.4, -0.2) is 9.97 Å². The SMILES string of the molecule is N#Cc1ccc(N(Cc2ccccc2)c2cncnc2)cc1. The molecule has 0 radical (unpaired) electrons. The molecule has 3 rings (SSSR count). The minimum atomic E-state index is 0.646. The number of nitrogens with zero attached hydrogens (tertiary/aromatic N) is 4. The zero-order valence-electron chi connectivity index (χ0n) is 11.9. The summed E-state index contributed by atoms with van der Waals surface area (Å²) in [5, 5.41) is 8.94. The summed E-state index contributed by atoms with van der Waals surface area (Å²) in [7, 11) is 0. The van der Waals surface area contributed by atoms with E-state index in [1.54, 1.807) is 12.4 Å². The van der Waals surface area contributed by atoms with Crippen LogP contribution in [-0.2, 0) is 6.54 Å². The Labute approximate surface area is 129 Å². The number of benzene rings is 2. The van der Waals surface area contributed by atoms with E-state index in [9.17, 15) is 0 Å². The minimum Gasteiger partial charge on any atom is -0.334 e. The van der Waals surface area contributed by atoms with Gasteiger partial charge in [0, 0.05) is 12.2 Å². The Kier molecular flexibility index (Phi) is 4.08. The van der Waals surface area contributed by atoms with Gasteiger partial charge in [0.2, 0.25) is 0 Å². The highest BCUT2D eigenvalue weighted by atomic mass is 15.1. The summed E-state index contributed by atoms with van der Waals surface area (Å²) in [6.45, 7) is 0.708. The monoisotopic (exact) mass is 286 g/mol. The second-order valence-electron chi connectivity index (χ2n) is 4.83. The standard InChI is InChI=1S/C18H14N4/c19-10-15-6-8-17(9-7-15)22(18-11-20-14-21-12-18)13-16-4-2-1-3-5-16/h1-9,11-12,14H,13H2. The van der Waals surface area contributed by atoms with Gasteiger partial charge in [-0.3, -0.25) is 0 Å². The lowest BCUT2D eigenvalue weighted by atomic mass is 10.1. The van der Waals surface area contributed by atoms with Crippen molar-refractivity contribution in [1.82, 2.24) is 9.97 Å². The van der Waals surface area contributed by atoms with E-state index < -0.39 is 0 Å². The first kappa shape index (κ1) is 13.8. The average molecular weight is 286 g/mol. The molecule has 4 nitrogen and oxygen atoms in total. The molecule has 0 bridgehead atoms. The minimum absolute atomic E-state index is 0.646. The lowest BCUT2D eigenvalue weighted by molar-refractivity contribution is 0.957. The third-order valence-electron chi connectivity index (χ3n) is 3.35. The molecule has 0 saturated carbocycles. The summed E-state index contributed by atoms with van der Waals surface area (Å²) in [5.74, 6) is 0. The number of aromatic nitrogens is 2. The van der Waals surface area contributed by atoms with Crippen molar-refractivity contribution in [3.05, 3.63) is 84.4 Å². The summed E-state index contributed by atoms with van der Waals surface area (Å²) in [4.78, 5) is 10.3. The molecule has 2 aromatic carbocycles. The van der Waals surface area contributed by atoms with Gasteiger partial charge in [-0.1, -0.05) is 30.3 Å². The topological polar surface area (TPSA) is 52.8 Å². The fourth-order valence-corrected chi connectivity index (χ4v) is 2.24. The molecule has 0 spiro atoms. The molecule has 0 saturated heterocycles. The van der Waals surface area contributed by atoms with Crippen molar-refractivity contribution >= 4 is 11.4 Å². The lowest BCUT2D eigenvalue weighted by Gasteiger charge is -2.24. The first-order valence-corrected chi connectivity index (χ1v) is 6.93. The molecule has 0 aliphatic heterocycles. The second-order valence-corrected chi connectivity index (χ2v) is 4.83. The molecule has 106 valence electrons. The van der Waals surface area contributed by atoms with Crippen LogP contribution in [0.2, 0.25) is 0 Å². The molecule has 1 aromatic heterocycles. The van der Waals surface area contributed by atoms with Gasteiger partial charge in [0.15, 0.2) is 0 Å². The summed E-state index contributed by atoms with van der Waals surface area (Å²) in [5.41, 5.74) is 3.75. The average Bonchev–Trinajstić information content (AvgIpc) is 2.61. The maximum Gasteiger partial charge on any atom is 0.115 e. The van der Waals surface area contributed by atoms with Crippen LogP contribution < -0.4 is 4.90 Å². The van der Waals surface area contributed by atoms with Crippen LogP contribution in [0, 0.1) is 11.3 Å². The molecule has 4 heteroatoms. The van der Waals surface area contributed by atoms with Crippen LogP contribution in [0.25, 0.3) is 0 Å². The first-order valence-electron chi connectivity index (χ1n) is 6.93. The van der Waals surface area contributed by atoms with Crippen molar-refractivity contribution in [3.63, 3.8) is 0 Å². The van der Waals surface area contributed by atoms with Crippen LogP contribution in [0.4, 0.5) is 11.4 Å². The second kappa shape index (κ2) is 6.51. The summed E-state index contributed by atoms with van der Waals surface area (Å²) in [6.07, 6.45) is 5.09. The van der Waals surface area contributed by atoms with Crippen molar-refractivity contribution in [3.8, 4) is 6.07 Å². The fourth-order valence-electron chi connectivity index (χ4n) is 2.24. The van der Waals surface area contributed by atoms with Crippen molar-refractivity contribution < 1.29 is 0 Å². The maximum atomic E-state index is 8.94. The van der Waals surface area contributed by atoms with Crippen LogP contribution in [0.3, 0.4) is 0 Å². The van der Waals surface area contributed by atoms with Crippen LogP contribution in [0.5, 0.6) is 0 Å². The highest BCUT2D eigenvalue weighted by molar-refractivity contribution is 5.62. The highest BCUT2D eigenvalue weighted by Gasteiger charge is 2.10. The quantitative estimate of drug-likeness (QED) is 0.734. The number of hydrogen-bond acceptors (Lipinski definition) is 4. The van der Waals surface area contributed by atoms with Crippen LogP contribution >= 0.6 is 0 Å². The van der Waals surface area contributed by atoms with Gasteiger partial charge in [-0.25, -0.2) is 9.97 Å². The van der Waals surface area contributed by atoms with E-state index in [1.807, 2.05) is 42.5 Å². The highest BCUT2D eigenvalue weighted by Crippen LogP contribution is 2.26. The Bertz CT molecular complexity index is 762. The predicted octanol–water partition coefficient (Wildman–Crippen LogP) is 3.69. The van der Waals surface area contributed by atoms with E-state index in [-0.39, 0.29) is 0 Å². The molecular formula is C18H14N4. The van der Waals surface area contributed by atoms with Gasteiger partial charge >= 0.3 is 0 Å². The Balaban J connectivity index is 1.97. The molecular weight excluding hydrogens is 272 g/mol. The largest absolute Gasteiger partial charge is 0.334 e. The van der Waals surface area contributed by atoms with Gasteiger partial charge < -0.3 is 4.90 Å². The third-order valence-corrected chi connectivity index (χ3v) is 3.35. The summed E-state index contributed by atoms with van der Waals surface area (Å²) < 4.78 is 0. The molecule has 0 aliphatic rings. The Morgan fingerprint density at radius 3 is 2.18 bits per heavy atom. The lowest BCUT2D eigenvalue weighted by Crippen LogP contribution is -2.16. The molecule has 0 unspecified atom stereocenters. The molecule has 0 atom stereocenters. The number of hydrogen-bond donors (Lipinski definition) is 0. The summed E-state index contributed by atoms with van der Waals surface area (Å²) in [6, 6.07) is 19.9. The van der Waals surface area contributed by atoms with Gasteiger partial charge in [0.1, 0.15) is 6.33 Å². The Morgan fingerprint density at radius 2 is 1.55 bits per heavy atom. The van der Waals surface area contributed by atoms with Crippen LogP contribution in [0.1, 0.15) is 11.1 Å². The van der Waals surface area contributed by atoms with Crippen molar-refractivity contribution in [2.45, 2.75) is 6.54 Å². The molecule has 0 fully saturated rings. The normalized spacial score (nSPS) is 9.95. The van der Waals surface area contributed by atoms with E-state index in [0.717, 1.165) is 11.4 Å². The molecule has 3 aromatic rings. The van der Waals surface area contributed by atoms with Gasteiger partial charge in [-0.2, -0.15) is 5.26 Å². The molecule has 1 heterocycles. The van der Waals surface area contributed by atoms with Gasteiger partial charge in [-0.15, -0.1) is 0 Å². The zero-order chi connectivity index (χ0) is 15.2. The third kappa shape index (κ3) is 3.10. The fraction of sp³-hybridized carbons (Fsp3) is 0.0556. The molecule has 22 heavy (non-hydrogen) atoms. The number of anilines is 2. The predicted molar refractivity (Wildman–Crippen MR) is 85.5 cm³/mol. The maximum absolute atomic E-state index is 8.94. The van der Waals surface area contributed by atoms with Crippen molar-refractivity contribution in [1.29, 1.82) is 5.26 Å². The zero-order valence-corrected chi connectivity index (χ0v) is 11.9. The molecule has 0 amide bonds. The number of rotatable bonds is 4. The van der Waals surface area contributed by atoms with Crippen molar-refractivity contribution in [2.75, 3.05) is 4.90 Å². The van der Waals surface area contributed by atoms with Crippen LogP contribution in [0.15, 0.2) is 73.3 Å². The van der Waals surface area contributed by atoms with Gasteiger partial charge in [0.25, 0.3) is 0 Å². The Morgan fingerprint density at radius 1 is 0.864 bits per heavy atom.